The smallest absolute Gasteiger partial charge is 0.241 e. The summed E-state index contributed by atoms with van der Waals surface area (Å²) in [7, 11) is 0. The Morgan fingerprint density at radius 3 is 3.00 bits per heavy atom. The first-order valence-corrected chi connectivity index (χ1v) is 7.86. The highest BCUT2D eigenvalue weighted by atomic mass is 32.2. The Balaban J connectivity index is 2.04. The third-order valence-electron chi connectivity index (χ3n) is 2.92. The Hall–Kier alpha value is -1.86. The van der Waals surface area contributed by atoms with Gasteiger partial charge in [0.05, 0.1) is 24.1 Å². The highest BCUT2D eigenvalue weighted by Gasteiger charge is 2.14. The molecule has 2 aromatic rings. The summed E-state index contributed by atoms with van der Waals surface area (Å²) in [6.45, 7) is 0. The van der Waals surface area contributed by atoms with Crippen LogP contribution in [0.2, 0.25) is 0 Å². The largest absolute Gasteiger partial charge is 0.322 e. The number of carbonyl (C=O) groups is 1. The molecule has 1 aromatic heterocycles. The van der Waals surface area contributed by atoms with Gasteiger partial charge in [-0.15, -0.1) is 0 Å². The van der Waals surface area contributed by atoms with Gasteiger partial charge in [0.1, 0.15) is 11.5 Å². The fourth-order valence-corrected chi connectivity index (χ4v) is 2.26. The number of benzene rings is 1. The van der Waals surface area contributed by atoms with E-state index in [0.29, 0.717) is 17.8 Å². The molecule has 0 saturated heterocycles. The number of aromatic nitrogens is 2. The van der Waals surface area contributed by atoms with E-state index in [1.807, 2.05) is 6.26 Å². The number of carbonyl (C=O) groups excluding carboxylic acids is 1. The average molecular weight is 308 g/mol. The molecule has 0 spiro atoms. The van der Waals surface area contributed by atoms with Gasteiger partial charge >= 0.3 is 0 Å². The molecular weight excluding hydrogens is 291 g/mol. The zero-order valence-electron chi connectivity index (χ0n) is 11.6. The van der Waals surface area contributed by atoms with E-state index in [4.69, 9.17) is 5.73 Å². The highest BCUT2D eigenvalue weighted by Crippen LogP contribution is 2.15. The first-order valence-electron chi connectivity index (χ1n) is 6.46. The third kappa shape index (κ3) is 4.05. The normalized spacial score (nSPS) is 12.1. The summed E-state index contributed by atoms with van der Waals surface area (Å²) in [6, 6.07) is 5.73. The number of nitrogens with zero attached hydrogens (tertiary/aromatic N) is 2. The molecular formula is C14H17FN4OS. The molecule has 0 aliphatic carbocycles. The van der Waals surface area contributed by atoms with E-state index in [0.717, 1.165) is 5.75 Å². The molecule has 112 valence electrons. The second-order valence-electron chi connectivity index (χ2n) is 4.50. The molecule has 1 amide bonds. The maximum absolute atomic E-state index is 13.6. The van der Waals surface area contributed by atoms with Crippen LogP contribution in [-0.4, -0.2) is 33.7 Å². The number of thioether (sulfide) groups is 1. The van der Waals surface area contributed by atoms with E-state index < -0.39 is 6.04 Å². The fourth-order valence-electron chi connectivity index (χ4n) is 1.77. The van der Waals surface area contributed by atoms with Crippen LogP contribution in [0.25, 0.3) is 5.69 Å². The van der Waals surface area contributed by atoms with Crippen LogP contribution in [0, 0.1) is 5.82 Å². The molecule has 0 radical (unpaired) electrons. The van der Waals surface area contributed by atoms with E-state index in [1.165, 1.54) is 16.9 Å². The van der Waals surface area contributed by atoms with Gasteiger partial charge in [-0.25, -0.2) is 9.07 Å². The van der Waals surface area contributed by atoms with Crippen LogP contribution in [0.5, 0.6) is 0 Å². The molecule has 7 heteroatoms. The number of hydrogen-bond acceptors (Lipinski definition) is 4. The molecule has 1 atom stereocenters. The molecule has 0 saturated carbocycles. The lowest BCUT2D eigenvalue weighted by Gasteiger charge is -2.09. The summed E-state index contributed by atoms with van der Waals surface area (Å²) >= 11 is 1.64. The topological polar surface area (TPSA) is 72.9 Å². The van der Waals surface area contributed by atoms with Crippen LogP contribution < -0.4 is 11.1 Å². The number of rotatable bonds is 6. The average Bonchev–Trinajstić information content (AvgIpc) is 2.93. The number of anilines is 1. The van der Waals surface area contributed by atoms with Gasteiger partial charge in [-0.1, -0.05) is 12.1 Å². The minimum Gasteiger partial charge on any atom is -0.322 e. The lowest BCUT2D eigenvalue weighted by molar-refractivity contribution is -0.117. The van der Waals surface area contributed by atoms with Crippen molar-refractivity contribution in [3.05, 3.63) is 42.5 Å². The SMILES string of the molecule is CSCC[C@H](N)C(=O)Nc1cnn(-c2ccccc2F)c1. The zero-order valence-corrected chi connectivity index (χ0v) is 12.4. The summed E-state index contributed by atoms with van der Waals surface area (Å²) in [4.78, 5) is 11.9. The molecule has 5 nitrogen and oxygen atoms in total. The lowest BCUT2D eigenvalue weighted by atomic mass is 10.2. The van der Waals surface area contributed by atoms with Crippen molar-refractivity contribution < 1.29 is 9.18 Å². The number of halogens is 1. The maximum Gasteiger partial charge on any atom is 0.241 e. The lowest BCUT2D eigenvalue weighted by Crippen LogP contribution is -2.35. The van der Waals surface area contributed by atoms with Crippen LogP contribution in [0.1, 0.15) is 6.42 Å². The summed E-state index contributed by atoms with van der Waals surface area (Å²) < 4.78 is 15.0. The monoisotopic (exact) mass is 308 g/mol. The van der Waals surface area contributed by atoms with E-state index >= 15 is 0 Å². The van der Waals surface area contributed by atoms with Gasteiger partial charge in [-0.3, -0.25) is 4.79 Å². The second-order valence-corrected chi connectivity index (χ2v) is 5.49. The predicted octanol–water partition coefficient (Wildman–Crippen LogP) is 2.03. The van der Waals surface area contributed by atoms with E-state index in [1.54, 1.807) is 36.2 Å². The summed E-state index contributed by atoms with van der Waals surface area (Å²) in [6.07, 6.45) is 5.58. The Bertz CT molecular complexity index is 617. The summed E-state index contributed by atoms with van der Waals surface area (Å²) in [5.41, 5.74) is 6.59. The van der Waals surface area contributed by atoms with Crippen molar-refractivity contribution in [2.75, 3.05) is 17.3 Å². The fraction of sp³-hybridized carbons (Fsp3) is 0.286. The first kappa shape index (κ1) is 15.5. The van der Waals surface area contributed by atoms with Crippen molar-refractivity contribution in [3.63, 3.8) is 0 Å². The Labute approximate surface area is 126 Å². The van der Waals surface area contributed by atoms with Crippen molar-refractivity contribution in [1.82, 2.24) is 9.78 Å². The van der Waals surface area contributed by atoms with Gasteiger partial charge in [0.15, 0.2) is 0 Å². The molecule has 0 aliphatic heterocycles. The number of hydrogen-bond donors (Lipinski definition) is 2. The Kier molecular flexibility index (Phi) is 5.35. The molecule has 0 bridgehead atoms. The Morgan fingerprint density at radius 1 is 1.52 bits per heavy atom. The first-order chi connectivity index (χ1) is 10.1. The summed E-state index contributed by atoms with van der Waals surface area (Å²) in [5, 5.41) is 6.72. The Morgan fingerprint density at radius 2 is 2.29 bits per heavy atom. The summed E-state index contributed by atoms with van der Waals surface area (Å²) in [5.74, 6) is 0.176. The van der Waals surface area contributed by atoms with Crippen LogP contribution >= 0.6 is 11.8 Å². The van der Waals surface area contributed by atoms with Gasteiger partial charge in [-0.05, 0) is 30.6 Å². The highest BCUT2D eigenvalue weighted by molar-refractivity contribution is 7.98. The van der Waals surface area contributed by atoms with Crippen LogP contribution in [0.3, 0.4) is 0 Å². The second kappa shape index (κ2) is 7.24. The van der Waals surface area contributed by atoms with Crippen LogP contribution in [0.15, 0.2) is 36.7 Å². The molecule has 0 unspecified atom stereocenters. The van der Waals surface area contributed by atoms with Crippen molar-refractivity contribution in [2.45, 2.75) is 12.5 Å². The minimum absolute atomic E-state index is 0.267. The van der Waals surface area contributed by atoms with Crippen molar-refractivity contribution in [2.24, 2.45) is 5.73 Å². The molecule has 1 aromatic carbocycles. The molecule has 0 aliphatic rings. The zero-order chi connectivity index (χ0) is 15.2. The molecule has 3 N–H and O–H groups in total. The number of nitrogens with one attached hydrogen (secondary N) is 1. The van der Waals surface area contributed by atoms with Gasteiger partial charge in [0.2, 0.25) is 5.91 Å². The van der Waals surface area contributed by atoms with Gasteiger partial charge in [0.25, 0.3) is 0 Å². The minimum atomic E-state index is -0.561. The maximum atomic E-state index is 13.6. The number of nitrogens with two attached hydrogens (primary N) is 1. The molecule has 21 heavy (non-hydrogen) atoms. The molecule has 0 fully saturated rings. The van der Waals surface area contributed by atoms with Crippen LogP contribution in [0.4, 0.5) is 10.1 Å². The third-order valence-corrected chi connectivity index (χ3v) is 3.56. The number of amides is 1. The quantitative estimate of drug-likeness (QED) is 0.856. The molecule has 2 rings (SSSR count). The van der Waals surface area contributed by atoms with Crippen LogP contribution in [-0.2, 0) is 4.79 Å². The van der Waals surface area contributed by atoms with E-state index in [-0.39, 0.29) is 11.7 Å². The van der Waals surface area contributed by atoms with Crippen molar-refractivity contribution in [1.29, 1.82) is 0 Å². The molecule has 1 heterocycles. The predicted molar refractivity (Wildman–Crippen MR) is 83.1 cm³/mol. The van der Waals surface area contributed by atoms with Gasteiger partial charge in [-0.2, -0.15) is 16.9 Å². The van der Waals surface area contributed by atoms with Gasteiger partial charge in [0, 0.05) is 0 Å². The standard InChI is InChI=1S/C14H17FN4OS/c1-21-7-6-12(16)14(20)18-10-8-17-19(9-10)13-5-3-2-4-11(13)15/h2-5,8-9,12H,6-7,16H2,1H3,(H,18,20)/t12-/m0/s1. The van der Waals surface area contributed by atoms with E-state index in [9.17, 15) is 9.18 Å². The van der Waals surface area contributed by atoms with Crippen molar-refractivity contribution in [3.8, 4) is 5.69 Å². The van der Waals surface area contributed by atoms with Gasteiger partial charge < -0.3 is 11.1 Å². The van der Waals surface area contributed by atoms with Crippen molar-refractivity contribution >= 4 is 23.4 Å². The number of para-hydroxylation sites is 1. The van der Waals surface area contributed by atoms with E-state index in [2.05, 4.69) is 10.4 Å².